The van der Waals surface area contributed by atoms with Crippen LogP contribution in [0, 0.1) is 0 Å². The standard InChI is InChI=1S/C14H16/c1-2-3-4-5-6-8-11-14-12-9-7-10-13-14/h3-5,7-10,12-13H,2,11H2,1H3/b4-3-. The molecular weight excluding hydrogens is 168 g/mol. The van der Waals surface area contributed by atoms with E-state index in [0.717, 1.165) is 12.8 Å². The van der Waals surface area contributed by atoms with Crippen LogP contribution in [-0.2, 0) is 6.42 Å². The number of hydrogen-bond donors (Lipinski definition) is 0. The molecule has 1 rings (SSSR count). The third kappa shape index (κ3) is 4.49. The van der Waals surface area contributed by atoms with E-state index in [2.05, 4.69) is 49.1 Å². The van der Waals surface area contributed by atoms with Crippen LogP contribution in [0.15, 0.2) is 60.4 Å². The third-order valence-corrected chi connectivity index (χ3v) is 1.86. The van der Waals surface area contributed by atoms with Gasteiger partial charge >= 0.3 is 0 Å². The molecule has 0 aliphatic carbocycles. The van der Waals surface area contributed by atoms with Crippen molar-refractivity contribution < 1.29 is 0 Å². The molecule has 0 heterocycles. The van der Waals surface area contributed by atoms with E-state index >= 15 is 0 Å². The molecule has 72 valence electrons. The summed E-state index contributed by atoms with van der Waals surface area (Å²) in [5.41, 5.74) is 4.46. The second-order valence-corrected chi connectivity index (χ2v) is 3.06. The zero-order valence-corrected chi connectivity index (χ0v) is 8.61. The van der Waals surface area contributed by atoms with Crippen molar-refractivity contribution in [3.05, 3.63) is 65.9 Å². The molecule has 0 fully saturated rings. The first-order chi connectivity index (χ1) is 6.93. The number of benzene rings is 1. The van der Waals surface area contributed by atoms with E-state index < -0.39 is 0 Å². The lowest BCUT2D eigenvalue weighted by atomic mass is 10.1. The summed E-state index contributed by atoms with van der Waals surface area (Å²) in [5, 5.41) is 0. The highest BCUT2D eigenvalue weighted by atomic mass is 13.9. The second kappa shape index (κ2) is 6.94. The van der Waals surface area contributed by atoms with Crippen LogP contribution in [0.5, 0.6) is 0 Å². The monoisotopic (exact) mass is 184 g/mol. The van der Waals surface area contributed by atoms with Crippen molar-refractivity contribution in [1.82, 2.24) is 0 Å². The highest BCUT2D eigenvalue weighted by molar-refractivity contribution is 5.17. The van der Waals surface area contributed by atoms with Crippen LogP contribution in [0.25, 0.3) is 0 Å². The van der Waals surface area contributed by atoms with Crippen LogP contribution in [0.1, 0.15) is 18.9 Å². The Kier molecular flexibility index (Phi) is 5.23. The van der Waals surface area contributed by atoms with Gasteiger partial charge in [0.25, 0.3) is 0 Å². The van der Waals surface area contributed by atoms with Gasteiger partial charge in [-0.2, -0.15) is 0 Å². The summed E-state index contributed by atoms with van der Waals surface area (Å²) < 4.78 is 0. The highest BCUT2D eigenvalue weighted by Crippen LogP contribution is 1.99. The van der Waals surface area contributed by atoms with Crippen LogP contribution < -0.4 is 0 Å². The average Bonchev–Trinajstić information content (AvgIpc) is 2.25. The second-order valence-electron chi connectivity index (χ2n) is 3.06. The summed E-state index contributed by atoms with van der Waals surface area (Å²) >= 11 is 0. The normalized spacial score (nSPS) is 9.79. The first kappa shape index (κ1) is 10.6. The number of rotatable bonds is 4. The first-order valence-corrected chi connectivity index (χ1v) is 5.03. The van der Waals surface area contributed by atoms with Gasteiger partial charge in [-0.25, -0.2) is 0 Å². The molecule has 0 bridgehead atoms. The molecule has 0 N–H and O–H groups in total. The SMILES string of the molecule is CC/C=C\C=C=CCc1ccccc1. The Balaban J connectivity index is 2.41. The van der Waals surface area contributed by atoms with Crippen LogP contribution in [0.4, 0.5) is 0 Å². The largest absolute Gasteiger partial charge is 0.125 e. The van der Waals surface area contributed by atoms with Crippen molar-refractivity contribution in [2.75, 3.05) is 0 Å². The Morgan fingerprint density at radius 3 is 2.71 bits per heavy atom. The van der Waals surface area contributed by atoms with E-state index in [1.54, 1.807) is 0 Å². The maximum Gasteiger partial charge on any atom is -0.00213 e. The number of hydrogen-bond acceptors (Lipinski definition) is 0. The first-order valence-electron chi connectivity index (χ1n) is 5.03. The van der Waals surface area contributed by atoms with E-state index in [1.807, 2.05) is 18.2 Å². The molecule has 0 atom stereocenters. The topological polar surface area (TPSA) is 0 Å². The van der Waals surface area contributed by atoms with Crippen LogP contribution >= 0.6 is 0 Å². The fraction of sp³-hybridized carbons (Fsp3) is 0.214. The molecule has 0 radical (unpaired) electrons. The van der Waals surface area contributed by atoms with Gasteiger partial charge in [0.15, 0.2) is 0 Å². The van der Waals surface area contributed by atoms with Gasteiger partial charge in [0.2, 0.25) is 0 Å². The van der Waals surface area contributed by atoms with E-state index in [-0.39, 0.29) is 0 Å². The Bertz CT molecular complexity index is 324. The highest BCUT2D eigenvalue weighted by Gasteiger charge is 1.83. The van der Waals surface area contributed by atoms with Gasteiger partial charge in [0, 0.05) is 0 Å². The molecule has 1 aromatic carbocycles. The number of allylic oxidation sites excluding steroid dienone is 3. The zero-order chi connectivity index (χ0) is 10.1. The third-order valence-electron chi connectivity index (χ3n) is 1.86. The minimum absolute atomic E-state index is 0.956. The van der Waals surface area contributed by atoms with E-state index in [1.165, 1.54) is 5.56 Å². The molecule has 0 spiro atoms. The van der Waals surface area contributed by atoms with E-state index in [4.69, 9.17) is 0 Å². The van der Waals surface area contributed by atoms with Gasteiger partial charge < -0.3 is 0 Å². The minimum atomic E-state index is 0.956. The summed E-state index contributed by atoms with van der Waals surface area (Å²) in [7, 11) is 0. The maximum absolute atomic E-state index is 3.13. The Hall–Kier alpha value is -1.52. The van der Waals surface area contributed by atoms with Crippen molar-refractivity contribution in [3.63, 3.8) is 0 Å². The molecule has 0 heteroatoms. The average molecular weight is 184 g/mol. The fourth-order valence-corrected chi connectivity index (χ4v) is 1.12. The van der Waals surface area contributed by atoms with Crippen molar-refractivity contribution >= 4 is 0 Å². The lowest BCUT2D eigenvalue weighted by molar-refractivity contribution is 1.22. The lowest BCUT2D eigenvalue weighted by Gasteiger charge is -1.91. The van der Waals surface area contributed by atoms with Crippen LogP contribution in [0.3, 0.4) is 0 Å². The Morgan fingerprint density at radius 2 is 2.00 bits per heavy atom. The van der Waals surface area contributed by atoms with Crippen molar-refractivity contribution in [2.45, 2.75) is 19.8 Å². The van der Waals surface area contributed by atoms with Crippen LogP contribution in [0.2, 0.25) is 0 Å². The Morgan fingerprint density at radius 1 is 1.21 bits per heavy atom. The van der Waals surface area contributed by atoms with Gasteiger partial charge in [0.1, 0.15) is 0 Å². The lowest BCUT2D eigenvalue weighted by Crippen LogP contribution is -1.76. The van der Waals surface area contributed by atoms with Gasteiger partial charge in [-0.3, -0.25) is 0 Å². The molecule has 0 aliphatic rings. The Labute approximate surface area is 86.3 Å². The van der Waals surface area contributed by atoms with Gasteiger partial charge in [-0.05, 0) is 30.6 Å². The fourth-order valence-electron chi connectivity index (χ4n) is 1.12. The summed E-state index contributed by atoms with van der Waals surface area (Å²) in [6.45, 7) is 2.12. The maximum atomic E-state index is 3.13. The molecule has 0 nitrogen and oxygen atoms in total. The molecule has 1 aromatic rings. The quantitative estimate of drug-likeness (QED) is 0.491. The smallest absolute Gasteiger partial charge is 0.00213 e. The van der Waals surface area contributed by atoms with Crippen LogP contribution in [-0.4, -0.2) is 0 Å². The summed E-state index contributed by atoms with van der Waals surface area (Å²) in [6.07, 6.45) is 10.2. The van der Waals surface area contributed by atoms with Crippen molar-refractivity contribution in [3.8, 4) is 0 Å². The van der Waals surface area contributed by atoms with Crippen molar-refractivity contribution in [1.29, 1.82) is 0 Å². The van der Waals surface area contributed by atoms with Gasteiger partial charge in [-0.1, -0.05) is 49.4 Å². The van der Waals surface area contributed by atoms with Gasteiger partial charge in [-0.15, -0.1) is 5.73 Å². The van der Waals surface area contributed by atoms with Gasteiger partial charge in [0.05, 0.1) is 0 Å². The predicted octanol–water partition coefficient (Wildman–Crippen LogP) is 3.91. The molecule has 0 aliphatic heterocycles. The van der Waals surface area contributed by atoms with E-state index in [9.17, 15) is 0 Å². The summed E-state index contributed by atoms with van der Waals surface area (Å²) in [4.78, 5) is 0. The molecule has 0 amide bonds. The molecule has 14 heavy (non-hydrogen) atoms. The zero-order valence-electron chi connectivity index (χ0n) is 8.61. The molecule has 0 unspecified atom stereocenters. The minimum Gasteiger partial charge on any atom is -0.125 e. The van der Waals surface area contributed by atoms with E-state index in [0.29, 0.717) is 0 Å². The molecule has 0 saturated carbocycles. The predicted molar refractivity (Wildman–Crippen MR) is 62.2 cm³/mol. The summed E-state index contributed by atoms with van der Waals surface area (Å²) in [6, 6.07) is 10.4. The van der Waals surface area contributed by atoms with Crippen molar-refractivity contribution in [2.24, 2.45) is 0 Å². The molecule has 0 aromatic heterocycles. The molecule has 0 saturated heterocycles. The molecular formula is C14H16. The summed E-state index contributed by atoms with van der Waals surface area (Å²) in [5.74, 6) is 0.